The average molecular weight is 236 g/mol. The van der Waals surface area contributed by atoms with E-state index in [4.69, 9.17) is 0 Å². The van der Waals surface area contributed by atoms with Crippen molar-refractivity contribution in [3.05, 3.63) is 35.4 Å². The van der Waals surface area contributed by atoms with E-state index in [-0.39, 0.29) is 5.12 Å². The Morgan fingerprint density at radius 2 is 1.94 bits per heavy atom. The second kappa shape index (κ2) is 7.50. The fourth-order valence-electron chi connectivity index (χ4n) is 1.57. The van der Waals surface area contributed by atoms with Crippen LogP contribution in [0.2, 0.25) is 0 Å². The molecule has 0 bridgehead atoms. The third-order valence-corrected chi connectivity index (χ3v) is 3.57. The van der Waals surface area contributed by atoms with E-state index < -0.39 is 0 Å². The first kappa shape index (κ1) is 13.3. The fourth-order valence-corrected chi connectivity index (χ4v) is 2.49. The zero-order chi connectivity index (χ0) is 11.8. The summed E-state index contributed by atoms with van der Waals surface area (Å²) in [5.41, 5.74) is 1.94. The lowest BCUT2D eigenvalue weighted by molar-refractivity contribution is 0.108. The first-order valence-corrected chi connectivity index (χ1v) is 6.97. The Morgan fingerprint density at radius 3 is 2.62 bits per heavy atom. The van der Waals surface area contributed by atoms with Crippen molar-refractivity contribution >= 4 is 16.9 Å². The monoisotopic (exact) mass is 236 g/mol. The molecule has 1 aromatic rings. The van der Waals surface area contributed by atoms with Crippen molar-refractivity contribution in [3.8, 4) is 0 Å². The summed E-state index contributed by atoms with van der Waals surface area (Å²) in [6, 6.07) is 7.80. The van der Waals surface area contributed by atoms with E-state index in [1.54, 1.807) is 0 Å². The van der Waals surface area contributed by atoms with Gasteiger partial charge in [0, 0.05) is 11.3 Å². The van der Waals surface area contributed by atoms with Gasteiger partial charge in [-0.15, -0.1) is 0 Å². The molecule has 2 heteroatoms. The van der Waals surface area contributed by atoms with Crippen LogP contribution in [0.25, 0.3) is 0 Å². The average Bonchev–Trinajstić information content (AvgIpc) is 2.29. The van der Waals surface area contributed by atoms with Gasteiger partial charge in [0.15, 0.2) is 0 Å². The molecule has 0 N–H and O–H groups in total. The van der Waals surface area contributed by atoms with E-state index in [9.17, 15) is 4.79 Å². The highest BCUT2D eigenvalue weighted by atomic mass is 32.2. The largest absolute Gasteiger partial charge is 0.282 e. The minimum atomic E-state index is 0.217. The number of thioether (sulfide) groups is 1. The maximum Gasteiger partial charge on any atom is 0.219 e. The van der Waals surface area contributed by atoms with Crippen molar-refractivity contribution in [2.24, 2.45) is 0 Å². The summed E-state index contributed by atoms with van der Waals surface area (Å²) in [5.74, 6) is 0.952. The molecule has 0 aromatic heterocycles. The van der Waals surface area contributed by atoms with Gasteiger partial charge < -0.3 is 0 Å². The molecule has 0 spiro atoms. The second-order valence-corrected chi connectivity index (χ2v) is 5.08. The van der Waals surface area contributed by atoms with Crippen LogP contribution in [0.15, 0.2) is 24.3 Å². The molecule has 1 aromatic carbocycles. The Morgan fingerprint density at radius 1 is 1.19 bits per heavy atom. The van der Waals surface area contributed by atoms with Crippen molar-refractivity contribution in [1.82, 2.24) is 0 Å². The van der Waals surface area contributed by atoms with Crippen molar-refractivity contribution in [2.75, 3.05) is 5.75 Å². The standard InChI is InChI=1S/C14H20OS/c1-3-4-5-8-11-16-14(15)13-10-7-6-9-12(13)2/h6-7,9-10H,3-5,8,11H2,1-2H3. The summed E-state index contributed by atoms with van der Waals surface area (Å²) in [4.78, 5) is 11.9. The Balaban J connectivity index is 2.33. The highest BCUT2D eigenvalue weighted by Gasteiger charge is 2.07. The highest BCUT2D eigenvalue weighted by Crippen LogP contribution is 2.17. The first-order valence-electron chi connectivity index (χ1n) is 5.98. The maximum atomic E-state index is 11.9. The van der Waals surface area contributed by atoms with Gasteiger partial charge >= 0.3 is 0 Å². The number of carbonyl (C=O) groups excluding carboxylic acids is 1. The Labute approximate surface area is 103 Å². The highest BCUT2D eigenvalue weighted by molar-refractivity contribution is 8.14. The van der Waals surface area contributed by atoms with Gasteiger partial charge in [0.05, 0.1) is 0 Å². The van der Waals surface area contributed by atoms with E-state index in [2.05, 4.69) is 6.92 Å². The molecule has 1 rings (SSSR count). The molecule has 0 atom stereocenters. The van der Waals surface area contributed by atoms with Crippen LogP contribution < -0.4 is 0 Å². The molecule has 0 radical (unpaired) electrons. The molecule has 0 aliphatic carbocycles. The lowest BCUT2D eigenvalue weighted by atomic mass is 10.1. The van der Waals surface area contributed by atoms with Crippen molar-refractivity contribution in [1.29, 1.82) is 0 Å². The molecule has 0 heterocycles. The third kappa shape index (κ3) is 4.40. The second-order valence-electron chi connectivity index (χ2n) is 4.01. The molecular weight excluding hydrogens is 216 g/mol. The van der Waals surface area contributed by atoms with Gasteiger partial charge in [-0.05, 0) is 18.9 Å². The van der Waals surface area contributed by atoms with Crippen LogP contribution in [0.5, 0.6) is 0 Å². The number of hydrogen-bond donors (Lipinski definition) is 0. The number of hydrogen-bond acceptors (Lipinski definition) is 2. The van der Waals surface area contributed by atoms with Crippen molar-refractivity contribution in [2.45, 2.75) is 39.5 Å². The lowest BCUT2D eigenvalue weighted by Crippen LogP contribution is -1.97. The molecule has 0 amide bonds. The smallest absolute Gasteiger partial charge is 0.219 e. The number of aryl methyl sites for hydroxylation is 1. The quantitative estimate of drug-likeness (QED) is 0.679. The number of unbranched alkanes of at least 4 members (excludes halogenated alkanes) is 3. The van der Waals surface area contributed by atoms with Gasteiger partial charge in [-0.25, -0.2) is 0 Å². The van der Waals surface area contributed by atoms with Crippen LogP contribution in [-0.2, 0) is 0 Å². The topological polar surface area (TPSA) is 17.1 Å². The lowest BCUT2D eigenvalue weighted by Gasteiger charge is -2.03. The van der Waals surface area contributed by atoms with Gasteiger partial charge in [0.1, 0.15) is 0 Å². The molecule has 0 unspecified atom stereocenters. The van der Waals surface area contributed by atoms with Crippen molar-refractivity contribution < 1.29 is 4.79 Å². The fraction of sp³-hybridized carbons (Fsp3) is 0.500. The summed E-state index contributed by atoms with van der Waals surface area (Å²) in [6.45, 7) is 4.19. The molecule has 1 nitrogen and oxygen atoms in total. The number of carbonyl (C=O) groups is 1. The summed E-state index contributed by atoms with van der Waals surface area (Å²) in [7, 11) is 0. The van der Waals surface area contributed by atoms with Gasteiger partial charge in [-0.3, -0.25) is 4.79 Å². The maximum absolute atomic E-state index is 11.9. The Kier molecular flexibility index (Phi) is 6.24. The first-order chi connectivity index (χ1) is 7.75. The SMILES string of the molecule is CCCCCCSC(=O)c1ccccc1C. The minimum absolute atomic E-state index is 0.217. The molecule has 0 aliphatic heterocycles. The van der Waals surface area contributed by atoms with Crippen LogP contribution in [0, 0.1) is 6.92 Å². The summed E-state index contributed by atoms with van der Waals surface area (Å²) in [6.07, 6.45) is 4.91. The van der Waals surface area contributed by atoms with Gasteiger partial charge in [0.2, 0.25) is 5.12 Å². The number of benzene rings is 1. The summed E-state index contributed by atoms with van der Waals surface area (Å²) in [5, 5.41) is 0.217. The molecule has 0 aliphatic rings. The molecule has 16 heavy (non-hydrogen) atoms. The molecule has 0 saturated carbocycles. The van der Waals surface area contributed by atoms with Gasteiger partial charge in [0.25, 0.3) is 0 Å². The molecule has 0 fully saturated rings. The third-order valence-electron chi connectivity index (χ3n) is 2.60. The summed E-state index contributed by atoms with van der Waals surface area (Å²) >= 11 is 1.46. The Bertz CT molecular complexity index is 333. The van der Waals surface area contributed by atoms with Crippen LogP contribution in [-0.4, -0.2) is 10.9 Å². The van der Waals surface area contributed by atoms with E-state index in [1.807, 2.05) is 31.2 Å². The van der Waals surface area contributed by atoms with Crippen LogP contribution in [0.1, 0.15) is 48.5 Å². The van der Waals surface area contributed by atoms with E-state index in [0.717, 1.165) is 23.3 Å². The number of rotatable bonds is 6. The van der Waals surface area contributed by atoms with Gasteiger partial charge in [-0.1, -0.05) is 62.2 Å². The van der Waals surface area contributed by atoms with E-state index in [0.29, 0.717) is 0 Å². The molecular formula is C14H20OS. The van der Waals surface area contributed by atoms with E-state index >= 15 is 0 Å². The van der Waals surface area contributed by atoms with Gasteiger partial charge in [-0.2, -0.15) is 0 Å². The van der Waals surface area contributed by atoms with Crippen LogP contribution in [0.4, 0.5) is 0 Å². The van der Waals surface area contributed by atoms with E-state index in [1.165, 1.54) is 31.0 Å². The van der Waals surface area contributed by atoms with Crippen molar-refractivity contribution in [3.63, 3.8) is 0 Å². The van der Waals surface area contributed by atoms with Crippen LogP contribution in [0.3, 0.4) is 0 Å². The predicted molar refractivity (Wildman–Crippen MR) is 72.1 cm³/mol. The molecule has 0 saturated heterocycles. The summed E-state index contributed by atoms with van der Waals surface area (Å²) < 4.78 is 0. The Hall–Kier alpha value is -0.760. The zero-order valence-corrected chi connectivity index (χ0v) is 11.0. The zero-order valence-electron chi connectivity index (χ0n) is 10.2. The normalized spacial score (nSPS) is 10.4. The molecule has 88 valence electrons. The minimum Gasteiger partial charge on any atom is -0.282 e. The van der Waals surface area contributed by atoms with Crippen LogP contribution >= 0.6 is 11.8 Å². The predicted octanol–water partition coefficient (Wildman–Crippen LogP) is 4.45.